The van der Waals surface area contributed by atoms with E-state index < -0.39 is 12.2 Å². The number of aliphatic hydroxyl groups excluding tert-OH is 2. The molecule has 754 valence electrons. The van der Waals surface area contributed by atoms with Crippen LogP contribution >= 0.6 is 0 Å². The van der Waals surface area contributed by atoms with Crippen molar-refractivity contribution in [3.8, 4) is 0 Å². The maximum atomic E-state index is 13.3. The molecule has 0 aromatic carbocycles. The minimum atomic E-state index is -0.624. The smallest absolute Gasteiger partial charge is 0.234 e. The number of nitrogens with one attached hydrogen (secondary N) is 6. The fourth-order valence-electron chi connectivity index (χ4n) is 18.2. The highest BCUT2D eigenvalue weighted by Gasteiger charge is 2.21. The zero-order valence-corrected chi connectivity index (χ0v) is 86.8. The molecule has 3 amide bonds. The van der Waals surface area contributed by atoms with Crippen molar-refractivity contribution in [3.05, 3.63) is 0 Å². The molecule has 2 atom stereocenters. The van der Waals surface area contributed by atoms with Crippen LogP contribution in [0, 0.1) is 0 Å². The number of hydrogen-bond acceptors (Lipinski definition) is 11. The van der Waals surface area contributed by atoms with Crippen molar-refractivity contribution < 1.29 is 24.6 Å². The van der Waals surface area contributed by atoms with E-state index in [2.05, 4.69) is 90.2 Å². The third-order valence-corrected chi connectivity index (χ3v) is 26.6. The third-order valence-electron chi connectivity index (χ3n) is 26.6. The van der Waals surface area contributed by atoms with Crippen molar-refractivity contribution in [2.24, 2.45) is 0 Å². The Morgan fingerprint density at radius 2 is 0.357 bits per heavy atom. The summed E-state index contributed by atoms with van der Waals surface area (Å²) in [6.07, 6.45) is 108. The van der Waals surface area contributed by atoms with Gasteiger partial charge in [0.05, 0.1) is 31.8 Å². The molecule has 0 aromatic rings. The van der Waals surface area contributed by atoms with Gasteiger partial charge in [-0.25, -0.2) is 0 Å². The first-order valence-corrected chi connectivity index (χ1v) is 57.6. The summed E-state index contributed by atoms with van der Waals surface area (Å²) in [4.78, 5) is 45.8. The number of carbonyl (C=O) groups is 3. The van der Waals surface area contributed by atoms with Crippen LogP contribution in [0.2, 0.25) is 0 Å². The number of carbonyl (C=O) groups excluding carboxylic acids is 3. The molecule has 0 aromatic heterocycles. The molecule has 0 aliphatic rings. The van der Waals surface area contributed by atoms with Crippen LogP contribution in [0.3, 0.4) is 0 Å². The lowest BCUT2D eigenvalue weighted by atomic mass is 10.1. The number of aliphatic hydroxyl groups is 2. The zero-order chi connectivity index (χ0) is 91.6. The van der Waals surface area contributed by atoms with Gasteiger partial charge in [-0.2, -0.15) is 0 Å². The fraction of sp³-hybridized carbons (Fsp3) is 0.973. The summed E-state index contributed by atoms with van der Waals surface area (Å²) < 4.78 is 0. The van der Waals surface area contributed by atoms with Crippen LogP contribution in [0.25, 0.3) is 0 Å². The van der Waals surface area contributed by atoms with Gasteiger partial charge in [-0.3, -0.25) is 19.3 Å². The van der Waals surface area contributed by atoms with Gasteiger partial charge >= 0.3 is 0 Å². The lowest BCUT2D eigenvalue weighted by molar-refractivity contribution is -0.126. The Morgan fingerprint density at radius 3 is 0.587 bits per heavy atom. The minimum absolute atomic E-state index is 0.0417. The maximum absolute atomic E-state index is 13.3. The third kappa shape index (κ3) is 107. The van der Waals surface area contributed by atoms with Gasteiger partial charge < -0.3 is 51.9 Å². The van der Waals surface area contributed by atoms with Gasteiger partial charge in [0.25, 0.3) is 0 Å². The molecule has 0 fully saturated rings. The Hall–Kier alpha value is -1.91. The van der Waals surface area contributed by atoms with Gasteiger partial charge in [0.2, 0.25) is 17.7 Å². The molecule has 0 rings (SSSR count). The van der Waals surface area contributed by atoms with Crippen LogP contribution in [0.5, 0.6) is 0 Å². The topological polar surface area (TPSA) is 174 Å². The normalized spacial score (nSPS) is 12.2. The van der Waals surface area contributed by atoms with Gasteiger partial charge in [0.15, 0.2) is 0 Å². The molecule has 2 unspecified atom stereocenters. The van der Waals surface area contributed by atoms with E-state index in [0.717, 1.165) is 110 Å². The Balaban J connectivity index is 0. The van der Waals surface area contributed by atoms with Gasteiger partial charge in [-0.1, -0.05) is 504 Å². The zero-order valence-electron chi connectivity index (χ0n) is 86.8. The Labute approximate surface area is 789 Å². The van der Waals surface area contributed by atoms with Crippen molar-refractivity contribution in [1.82, 2.24) is 46.6 Å². The maximum Gasteiger partial charge on any atom is 0.234 e. The monoisotopic (exact) mass is 1780 g/mol. The summed E-state index contributed by atoms with van der Waals surface area (Å²) in [6, 6.07) is 0. The van der Waals surface area contributed by atoms with E-state index in [4.69, 9.17) is 0 Å². The van der Waals surface area contributed by atoms with Crippen LogP contribution in [-0.2, 0) is 14.4 Å². The molecule has 0 bridgehead atoms. The van der Waals surface area contributed by atoms with Crippen molar-refractivity contribution in [1.29, 1.82) is 0 Å². The van der Waals surface area contributed by atoms with E-state index >= 15 is 0 Å². The average Bonchev–Trinajstić information content (AvgIpc) is 0.908. The van der Waals surface area contributed by atoms with Crippen LogP contribution in [0.1, 0.15) is 575 Å². The summed E-state index contributed by atoms with van der Waals surface area (Å²) in [7, 11) is 0. The Morgan fingerprint density at radius 1 is 0.190 bits per heavy atom. The summed E-state index contributed by atoms with van der Waals surface area (Å²) in [6.45, 7) is 29.3. The highest BCUT2D eigenvalue weighted by molar-refractivity contribution is 5.81. The Bertz CT molecular complexity index is 2000. The molecule has 0 saturated heterocycles. The van der Waals surface area contributed by atoms with E-state index in [1.54, 1.807) is 0 Å². The number of hydrogen-bond donors (Lipinski definition) is 8. The van der Waals surface area contributed by atoms with E-state index in [0.29, 0.717) is 45.8 Å². The van der Waals surface area contributed by atoms with Crippen molar-refractivity contribution >= 4 is 17.7 Å². The van der Waals surface area contributed by atoms with Crippen LogP contribution in [-0.4, -0.2) is 173 Å². The quantitative estimate of drug-likeness (QED) is 0.0272. The van der Waals surface area contributed by atoms with Gasteiger partial charge in [0, 0.05) is 45.8 Å². The molecular weight excluding hydrogens is 1550 g/mol. The minimum Gasteiger partial charge on any atom is -0.390 e. The highest BCUT2D eigenvalue weighted by atomic mass is 16.3. The summed E-state index contributed by atoms with van der Waals surface area (Å²) in [5, 5.41) is 42.5. The number of amides is 3. The number of rotatable bonds is 109. The molecule has 0 saturated carbocycles. The van der Waals surface area contributed by atoms with E-state index in [-0.39, 0.29) is 30.8 Å². The van der Waals surface area contributed by atoms with Gasteiger partial charge in [-0.05, 0) is 123 Å². The summed E-state index contributed by atoms with van der Waals surface area (Å²) in [5.41, 5.74) is 0. The molecule has 0 spiro atoms. The SMILES string of the molecule is CCCCCCCCCCCCCCNCCCCN(CCCCCCCCCCCCCC)CC(O)CN(CC(=O)NCCCCCCCCCCCC)CC(=O)NCCCCCCCCCCCC.CCCCCCCCCCCCCCNCCCCN(CCCCCCCCCCCCCC)CC(O)CNCC(=O)NCCCCCCCCCCCC. The molecule has 14 heteroatoms. The first kappa shape index (κ1) is 126. The molecule has 0 aliphatic heterocycles. The molecule has 0 radical (unpaired) electrons. The molecule has 14 nitrogen and oxygen atoms in total. The van der Waals surface area contributed by atoms with Gasteiger partial charge in [0.1, 0.15) is 0 Å². The second kappa shape index (κ2) is 112. The fourth-order valence-corrected chi connectivity index (χ4v) is 18.2. The molecule has 0 aliphatic carbocycles. The first-order valence-electron chi connectivity index (χ1n) is 57.6. The number of nitrogens with zero attached hydrogens (tertiary/aromatic N) is 3. The Kier molecular flexibility index (Phi) is 112. The van der Waals surface area contributed by atoms with E-state index in [1.165, 1.54) is 475 Å². The summed E-state index contributed by atoms with van der Waals surface area (Å²) in [5.74, 6) is -0.0348. The summed E-state index contributed by atoms with van der Waals surface area (Å²) >= 11 is 0. The van der Waals surface area contributed by atoms with E-state index in [9.17, 15) is 24.6 Å². The highest BCUT2D eigenvalue weighted by Crippen LogP contribution is 2.20. The van der Waals surface area contributed by atoms with Crippen molar-refractivity contribution in [2.45, 2.75) is 587 Å². The molecule has 8 N–H and O–H groups in total. The van der Waals surface area contributed by atoms with Crippen LogP contribution in [0.4, 0.5) is 0 Å². The average molecular weight is 1780 g/mol. The standard InChI is InChI=1S/C63H129N5O3.C49H102N4O2/c1-5-9-13-17-21-25-29-31-33-37-41-45-51-64-52-48-50-56-67(55-49-44-40-36-32-30-26-22-18-14-10-6-2)57-61(69)58-68(59-62(70)65-53-46-42-38-34-27-23-19-15-11-7-3)60-63(71)66-54-47-43-39-35-28-24-20-16-12-8-4;1-4-7-10-13-16-19-22-24-26-29-32-35-40-50-41-37-39-44-53(43-38-34-31-28-25-23-20-17-14-11-8-5-2)47-48(54)45-51-46-49(55)52-42-36-33-30-27-21-18-15-12-9-6-3/h61,64,69H,5-60H2,1-4H3,(H,65,70)(H,66,71);48,50-51,54H,4-47H2,1-3H3,(H,52,55). The van der Waals surface area contributed by atoms with Crippen molar-refractivity contribution in [2.75, 3.05) is 118 Å². The van der Waals surface area contributed by atoms with Crippen LogP contribution < -0.4 is 31.9 Å². The lowest BCUT2D eigenvalue weighted by Gasteiger charge is -2.29. The predicted molar refractivity (Wildman–Crippen MR) is 557 cm³/mol. The molecule has 0 heterocycles. The first-order chi connectivity index (χ1) is 62.1. The largest absolute Gasteiger partial charge is 0.390 e. The number of unbranched alkanes of at least 4 members (excludes halogenated alkanes) is 73. The predicted octanol–water partition coefficient (Wildman–Crippen LogP) is 29.8. The second-order valence-corrected chi connectivity index (χ2v) is 39.8. The second-order valence-electron chi connectivity index (χ2n) is 39.8. The van der Waals surface area contributed by atoms with Crippen molar-refractivity contribution in [3.63, 3.8) is 0 Å². The lowest BCUT2D eigenvalue weighted by Crippen LogP contribution is -2.48. The molecular formula is C112H231N9O5. The van der Waals surface area contributed by atoms with Gasteiger partial charge in [-0.15, -0.1) is 0 Å². The molecule has 126 heavy (non-hydrogen) atoms. The van der Waals surface area contributed by atoms with E-state index in [1.807, 2.05) is 4.90 Å². The van der Waals surface area contributed by atoms with Crippen LogP contribution in [0.15, 0.2) is 0 Å².